The van der Waals surface area contributed by atoms with Gasteiger partial charge in [0.25, 0.3) is 0 Å². The molecule has 1 aliphatic heterocycles. The van der Waals surface area contributed by atoms with Crippen LogP contribution in [0.3, 0.4) is 0 Å². The smallest absolute Gasteiger partial charge is 0.231 e. The van der Waals surface area contributed by atoms with Gasteiger partial charge in [0.15, 0.2) is 11.5 Å². The van der Waals surface area contributed by atoms with Crippen LogP contribution >= 0.6 is 0 Å². The van der Waals surface area contributed by atoms with Crippen LogP contribution in [0.4, 0.5) is 0 Å². The van der Waals surface area contributed by atoms with E-state index in [4.69, 9.17) is 14.6 Å². The predicted molar refractivity (Wildman–Crippen MR) is 60.6 cm³/mol. The highest BCUT2D eigenvalue weighted by atomic mass is 16.7. The number of rotatable bonds is 5. The standard InChI is InChI=1S/C12H17NO3/c1-2-10(7-14)13-6-9-4-3-5-11-12(9)16-8-15-11/h3-5,10,13-14H,2,6-8H2,1H3. The van der Waals surface area contributed by atoms with Gasteiger partial charge in [-0.15, -0.1) is 0 Å². The monoisotopic (exact) mass is 223 g/mol. The van der Waals surface area contributed by atoms with Crippen LogP contribution in [-0.2, 0) is 6.54 Å². The van der Waals surface area contributed by atoms with Crippen molar-refractivity contribution in [2.45, 2.75) is 25.9 Å². The Balaban J connectivity index is 2.02. The third kappa shape index (κ3) is 2.28. The van der Waals surface area contributed by atoms with Crippen LogP contribution in [-0.4, -0.2) is 24.5 Å². The number of ether oxygens (including phenoxy) is 2. The zero-order valence-corrected chi connectivity index (χ0v) is 9.40. The molecule has 16 heavy (non-hydrogen) atoms. The van der Waals surface area contributed by atoms with Crippen molar-refractivity contribution in [3.8, 4) is 11.5 Å². The van der Waals surface area contributed by atoms with Crippen LogP contribution in [0.5, 0.6) is 11.5 Å². The van der Waals surface area contributed by atoms with Gasteiger partial charge in [-0.1, -0.05) is 19.1 Å². The third-order valence-electron chi connectivity index (χ3n) is 2.77. The van der Waals surface area contributed by atoms with E-state index >= 15 is 0 Å². The first-order valence-corrected chi connectivity index (χ1v) is 5.57. The van der Waals surface area contributed by atoms with E-state index in [2.05, 4.69) is 5.32 Å². The molecule has 2 rings (SSSR count). The average molecular weight is 223 g/mol. The van der Waals surface area contributed by atoms with Gasteiger partial charge < -0.3 is 19.9 Å². The Morgan fingerprint density at radius 1 is 1.44 bits per heavy atom. The Hall–Kier alpha value is -1.26. The molecule has 0 amide bonds. The molecule has 88 valence electrons. The number of hydrogen-bond donors (Lipinski definition) is 2. The van der Waals surface area contributed by atoms with Gasteiger partial charge >= 0.3 is 0 Å². The third-order valence-corrected chi connectivity index (χ3v) is 2.77. The summed E-state index contributed by atoms with van der Waals surface area (Å²) in [7, 11) is 0. The summed E-state index contributed by atoms with van der Waals surface area (Å²) in [6.07, 6.45) is 0.906. The summed E-state index contributed by atoms with van der Waals surface area (Å²) in [6.45, 7) is 3.18. The van der Waals surface area contributed by atoms with Crippen molar-refractivity contribution in [2.24, 2.45) is 0 Å². The lowest BCUT2D eigenvalue weighted by atomic mass is 10.1. The van der Waals surface area contributed by atoms with Gasteiger partial charge in [-0.05, 0) is 12.5 Å². The van der Waals surface area contributed by atoms with E-state index in [9.17, 15) is 0 Å². The molecule has 1 atom stereocenters. The second kappa shape index (κ2) is 5.18. The van der Waals surface area contributed by atoms with E-state index in [1.165, 1.54) is 0 Å². The molecule has 4 heteroatoms. The van der Waals surface area contributed by atoms with Crippen LogP contribution in [0.1, 0.15) is 18.9 Å². The maximum atomic E-state index is 9.08. The van der Waals surface area contributed by atoms with Gasteiger partial charge in [-0.25, -0.2) is 0 Å². The first-order chi connectivity index (χ1) is 7.85. The van der Waals surface area contributed by atoms with Gasteiger partial charge in [0, 0.05) is 18.2 Å². The summed E-state index contributed by atoms with van der Waals surface area (Å²) in [4.78, 5) is 0. The molecule has 0 aromatic heterocycles. The van der Waals surface area contributed by atoms with E-state index in [0.29, 0.717) is 13.3 Å². The Morgan fingerprint density at radius 3 is 3.06 bits per heavy atom. The first kappa shape index (κ1) is 11.2. The summed E-state index contributed by atoms with van der Waals surface area (Å²) < 4.78 is 10.7. The lowest BCUT2D eigenvalue weighted by Crippen LogP contribution is -2.31. The number of aliphatic hydroxyl groups excluding tert-OH is 1. The molecule has 0 saturated heterocycles. The summed E-state index contributed by atoms with van der Waals surface area (Å²) in [5.74, 6) is 1.62. The molecule has 4 nitrogen and oxygen atoms in total. The summed E-state index contributed by atoms with van der Waals surface area (Å²) in [5, 5.41) is 12.4. The lowest BCUT2D eigenvalue weighted by Gasteiger charge is -2.14. The number of benzene rings is 1. The fourth-order valence-electron chi connectivity index (χ4n) is 1.72. The van der Waals surface area contributed by atoms with Crippen molar-refractivity contribution < 1.29 is 14.6 Å². The Kier molecular flexibility index (Phi) is 3.64. The molecular weight excluding hydrogens is 206 g/mol. The van der Waals surface area contributed by atoms with Gasteiger partial charge in [-0.3, -0.25) is 0 Å². The van der Waals surface area contributed by atoms with Crippen LogP contribution in [0, 0.1) is 0 Å². The fourth-order valence-corrected chi connectivity index (χ4v) is 1.72. The zero-order valence-electron chi connectivity index (χ0n) is 9.40. The molecule has 1 aromatic rings. The van der Waals surface area contributed by atoms with Crippen LogP contribution in [0.2, 0.25) is 0 Å². The lowest BCUT2D eigenvalue weighted by molar-refractivity contribution is 0.173. The van der Waals surface area contributed by atoms with E-state index in [1.54, 1.807) is 0 Å². The molecule has 1 heterocycles. The minimum atomic E-state index is 0.137. The Labute approximate surface area is 95.2 Å². The summed E-state index contributed by atoms with van der Waals surface area (Å²) >= 11 is 0. The van der Waals surface area contributed by atoms with Crippen molar-refractivity contribution in [2.75, 3.05) is 13.4 Å². The van der Waals surface area contributed by atoms with Crippen molar-refractivity contribution >= 4 is 0 Å². The molecule has 2 N–H and O–H groups in total. The molecular formula is C12H17NO3. The molecule has 1 unspecified atom stereocenters. The van der Waals surface area contributed by atoms with Crippen LogP contribution in [0.15, 0.2) is 18.2 Å². The highest BCUT2D eigenvalue weighted by Gasteiger charge is 2.17. The SMILES string of the molecule is CCC(CO)NCc1cccc2c1OCO2. The molecule has 0 radical (unpaired) electrons. The Bertz CT molecular complexity index is 350. The maximum absolute atomic E-state index is 9.08. The highest BCUT2D eigenvalue weighted by molar-refractivity contribution is 5.48. The largest absolute Gasteiger partial charge is 0.454 e. The summed E-state index contributed by atoms with van der Waals surface area (Å²) in [6, 6.07) is 5.99. The molecule has 0 fully saturated rings. The van der Waals surface area contributed by atoms with E-state index in [-0.39, 0.29) is 12.6 Å². The average Bonchev–Trinajstić information content (AvgIpc) is 2.79. The molecule has 0 bridgehead atoms. The molecule has 0 saturated carbocycles. The Morgan fingerprint density at radius 2 is 2.31 bits per heavy atom. The van der Waals surface area contributed by atoms with Crippen LogP contribution < -0.4 is 14.8 Å². The molecule has 1 aromatic carbocycles. The maximum Gasteiger partial charge on any atom is 0.231 e. The summed E-state index contributed by atoms with van der Waals surface area (Å²) in [5.41, 5.74) is 1.07. The van der Waals surface area contributed by atoms with Crippen molar-refractivity contribution in [3.05, 3.63) is 23.8 Å². The van der Waals surface area contributed by atoms with Crippen molar-refractivity contribution in [3.63, 3.8) is 0 Å². The minimum Gasteiger partial charge on any atom is -0.454 e. The number of para-hydroxylation sites is 1. The minimum absolute atomic E-state index is 0.137. The topological polar surface area (TPSA) is 50.7 Å². The van der Waals surface area contributed by atoms with E-state index in [1.807, 2.05) is 25.1 Å². The molecule has 1 aliphatic rings. The van der Waals surface area contributed by atoms with Gasteiger partial charge in [0.1, 0.15) is 0 Å². The molecule has 0 aliphatic carbocycles. The normalized spacial score (nSPS) is 15.1. The quantitative estimate of drug-likeness (QED) is 0.789. The number of nitrogens with one attached hydrogen (secondary N) is 1. The van der Waals surface area contributed by atoms with Crippen molar-refractivity contribution in [1.82, 2.24) is 5.32 Å². The van der Waals surface area contributed by atoms with Gasteiger partial charge in [0.2, 0.25) is 6.79 Å². The second-order valence-electron chi connectivity index (χ2n) is 3.82. The molecule has 0 spiro atoms. The second-order valence-corrected chi connectivity index (χ2v) is 3.82. The highest BCUT2D eigenvalue weighted by Crippen LogP contribution is 2.35. The first-order valence-electron chi connectivity index (χ1n) is 5.57. The van der Waals surface area contributed by atoms with Crippen LogP contribution in [0.25, 0.3) is 0 Å². The number of aliphatic hydroxyl groups is 1. The number of fused-ring (bicyclic) bond motifs is 1. The van der Waals surface area contributed by atoms with Gasteiger partial charge in [0.05, 0.1) is 6.61 Å². The number of hydrogen-bond acceptors (Lipinski definition) is 4. The predicted octanol–water partition coefficient (Wildman–Crippen LogP) is 1.28. The van der Waals surface area contributed by atoms with E-state index < -0.39 is 0 Å². The van der Waals surface area contributed by atoms with E-state index in [0.717, 1.165) is 23.5 Å². The van der Waals surface area contributed by atoms with Gasteiger partial charge in [-0.2, -0.15) is 0 Å². The van der Waals surface area contributed by atoms with Crippen molar-refractivity contribution in [1.29, 1.82) is 0 Å². The fraction of sp³-hybridized carbons (Fsp3) is 0.500. The zero-order chi connectivity index (χ0) is 11.4.